The third kappa shape index (κ3) is 2.97. The second-order valence-corrected chi connectivity index (χ2v) is 5.59. The highest BCUT2D eigenvalue weighted by Crippen LogP contribution is 2.33. The molecule has 2 N–H and O–H groups in total. The van der Waals surface area contributed by atoms with Crippen LogP contribution in [0.1, 0.15) is 29.1 Å². The summed E-state index contributed by atoms with van der Waals surface area (Å²) < 4.78 is 15.5. The molecule has 1 aliphatic heterocycles. The van der Waals surface area contributed by atoms with Gasteiger partial charge in [0.25, 0.3) is 0 Å². The first kappa shape index (κ1) is 15.6. The van der Waals surface area contributed by atoms with Crippen LogP contribution in [0.25, 0.3) is 11.4 Å². The number of hydrogen-bond acceptors (Lipinski definition) is 7. The van der Waals surface area contributed by atoms with E-state index in [-0.39, 0.29) is 11.4 Å². The Morgan fingerprint density at radius 2 is 2.00 bits per heavy atom. The lowest BCUT2D eigenvalue weighted by Gasteiger charge is -2.32. The molecule has 0 atom stereocenters. The zero-order chi connectivity index (χ0) is 16.3. The molecule has 0 saturated carbocycles. The number of methoxy groups -OCH3 is 1. The van der Waals surface area contributed by atoms with Crippen molar-refractivity contribution < 1.29 is 18.8 Å². The molecule has 23 heavy (non-hydrogen) atoms. The van der Waals surface area contributed by atoms with Crippen molar-refractivity contribution in [3.05, 3.63) is 35.7 Å². The van der Waals surface area contributed by atoms with Crippen LogP contribution < -0.4 is 5.73 Å². The molecule has 2 aromatic rings. The Morgan fingerprint density at radius 3 is 2.61 bits per heavy atom. The molecule has 0 radical (unpaired) electrons. The van der Waals surface area contributed by atoms with E-state index >= 15 is 0 Å². The first-order valence-electron chi connectivity index (χ1n) is 7.49. The summed E-state index contributed by atoms with van der Waals surface area (Å²) in [6, 6.07) is 6.87. The molecular weight excluding hydrogens is 298 g/mol. The molecule has 1 saturated heterocycles. The van der Waals surface area contributed by atoms with Crippen LogP contribution in [0.5, 0.6) is 0 Å². The minimum atomic E-state index is -0.380. The van der Waals surface area contributed by atoms with Crippen molar-refractivity contribution in [2.75, 3.05) is 26.9 Å². The monoisotopic (exact) mass is 317 g/mol. The summed E-state index contributed by atoms with van der Waals surface area (Å²) in [5.74, 6) is 0.653. The number of carbonyl (C=O) groups excluding carboxylic acids is 1. The number of hydrogen-bond donors (Lipinski definition) is 1. The predicted octanol–water partition coefficient (Wildman–Crippen LogP) is 1.53. The number of benzene rings is 1. The van der Waals surface area contributed by atoms with Gasteiger partial charge in [-0.15, -0.1) is 0 Å². The Kier molecular flexibility index (Phi) is 4.40. The summed E-state index contributed by atoms with van der Waals surface area (Å²) in [6.45, 7) is 1.73. The molecule has 1 aromatic heterocycles. The van der Waals surface area contributed by atoms with Gasteiger partial charge in [-0.3, -0.25) is 0 Å². The average Bonchev–Trinajstić information content (AvgIpc) is 3.12. The topological polar surface area (TPSA) is 100 Å². The lowest BCUT2D eigenvalue weighted by Crippen LogP contribution is -2.40. The van der Waals surface area contributed by atoms with Crippen LogP contribution in [0.4, 0.5) is 0 Å². The second kappa shape index (κ2) is 6.47. The summed E-state index contributed by atoms with van der Waals surface area (Å²) in [5.41, 5.74) is 6.89. The van der Waals surface area contributed by atoms with Crippen molar-refractivity contribution in [1.29, 1.82) is 0 Å². The normalized spacial score (nSPS) is 17.0. The van der Waals surface area contributed by atoms with Crippen molar-refractivity contribution in [1.82, 2.24) is 10.1 Å². The predicted molar refractivity (Wildman–Crippen MR) is 81.9 cm³/mol. The number of esters is 1. The molecule has 3 rings (SSSR count). The molecular formula is C16H19N3O4. The molecule has 0 spiro atoms. The zero-order valence-electron chi connectivity index (χ0n) is 12.9. The lowest BCUT2D eigenvalue weighted by molar-refractivity contribution is 0.0409. The van der Waals surface area contributed by atoms with Crippen molar-refractivity contribution in [2.45, 2.75) is 18.3 Å². The molecule has 1 fully saturated rings. The van der Waals surface area contributed by atoms with E-state index in [9.17, 15) is 4.79 Å². The smallest absolute Gasteiger partial charge is 0.337 e. The van der Waals surface area contributed by atoms with E-state index in [2.05, 4.69) is 14.9 Å². The fraction of sp³-hybridized carbons (Fsp3) is 0.438. The van der Waals surface area contributed by atoms with Gasteiger partial charge >= 0.3 is 5.97 Å². The first-order valence-corrected chi connectivity index (χ1v) is 7.49. The number of rotatable bonds is 4. The van der Waals surface area contributed by atoms with Crippen LogP contribution in [0.2, 0.25) is 0 Å². The van der Waals surface area contributed by atoms with E-state index in [4.69, 9.17) is 15.0 Å². The van der Waals surface area contributed by atoms with E-state index in [1.54, 1.807) is 24.3 Å². The summed E-state index contributed by atoms with van der Waals surface area (Å²) in [5, 5.41) is 4.05. The number of carbonyl (C=O) groups is 1. The third-order valence-electron chi connectivity index (χ3n) is 4.28. The molecule has 7 heteroatoms. The fourth-order valence-corrected chi connectivity index (χ4v) is 2.70. The first-order chi connectivity index (χ1) is 11.2. The lowest BCUT2D eigenvalue weighted by atomic mass is 9.80. The maximum atomic E-state index is 11.5. The zero-order valence-corrected chi connectivity index (χ0v) is 12.9. The van der Waals surface area contributed by atoms with Gasteiger partial charge < -0.3 is 19.7 Å². The van der Waals surface area contributed by atoms with Gasteiger partial charge in [-0.05, 0) is 25.0 Å². The highest BCUT2D eigenvalue weighted by Gasteiger charge is 2.38. The number of nitrogens with two attached hydrogens (primary N) is 1. The van der Waals surface area contributed by atoms with E-state index in [1.807, 2.05) is 0 Å². The quantitative estimate of drug-likeness (QED) is 0.853. The summed E-state index contributed by atoms with van der Waals surface area (Å²) in [4.78, 5) is 16.0. The molecule has 1 aliphatic rings. The molecule has 0 aliphatic carbocycles. The Bertz CT molecular complexity index is 675. The van der Waals surface area contributed by atoms with Gasteiger partial charge in [0.05, 0.1) is 18.1 Å². The minimum Gasteiger partial charge on any atom is -0.465 e. The molecule has 1 aromatic carbocycles. The standard InChI is InChI=1S/C16H19N3O4/c1-21-14(20)12-4-2-11(3-5-12)13-18-15(23-19-13)16(10-17)6-8-22-9-7-16/h2-5H,6-10,17H2,1H3. The summed E-state index contributed by atoms with van der Waals surface area (Å²) >= 11 is 0. The van der Waals surface area contributed by atoms with Crippen LogP contribution in [0.15, 0.2) is 28.8 Å². The maximum Gasteiger partial charge on any atom is 0.337 e. The molecule has 7 nitrogen and oxygen atoms in total. The molecule has 0 amide bonds. The van der Waals surface area contributed by atoms with Crippen LogP contribution >= 0.6 is 0 Å². The minimum absolute atomic E-state index is 0.310. The highest BCUT2D eigenvalue weighted by atomic mass is 16.5. The van der Waals surface area contributed by atoms with Crippen molar-refractivity contribution in [2.24, 2.45) is 5.73 Å². The van der Waals surface area contributed by atoms with Crippen molar-refractivity contribution in [3.8, 4) is 11.4 Å². The van der Waals surface area contributed by atoms with Gasteiger partial charge in [-0.25, -0.2) is 4.79 Å². The Labute approximate surface area is 133 Å². The number of nitrogens with zero attached hydrogens (tertiary/aromatic N) is 2. The second-order valence-electron chi connectivity index (χ2n) is 5.59. The molecule has 2 heterocycles. The van der Waals surface area contributed by atoms with Gasteiger partial charge in [0, 0.05) is 25.3 Å². The highest BCUT2D eigenvalue weighted by molar-refractivity contribution is 5.89. The Balaban J connectivity index is 1.85. The van der Waals surface area contributed by atoms with E-state index in [0.29, 0.717) is 37.0 Å². The molecule has 0 unspecified atom stereocenters. The number of aromatic nitrogens is 2. The largest absolute Gasteiger partial charge is 0.465 e. The third-order valence-corrected chi connectivity index (χ3v) is 4.28. The Hall–Kier alpha value is -2.25. The van der Waals surface area contributed by atoms with E-state index < -0.39 is 0 Å². The van der Waals surface area contributed by atoms with Crippen LogP contribution in [-0.4, -0.2) is 43.0 Å². The van der Waals surface area contributed by atoms with Crippen LogP contribution in [-0.2, 0) is 14.9 Å². The van der Waals surface area contributed by atoms with E-state index in [0.717, 1.165) is 18.4 Å². The van der Waals surface area contributed by atoms with Gasteiger partial charge in [-0.2, -0.15) is 4.98 Å². The number of ether oxygens (including phenoxy) is 2. The Morgan fingerprint density at radius 1 is 1.30 bits per heavy atom. The average molecular weight is 317 g/mol. The van der Waals surface area contributed by atoms with Gasteiger partial charge in [0.2, 0.25) is 11.7 Å². The van der Waals surface area contributed by atoms with E-state index in [1.165, 1.54) is 7.11 Å². The van der Waals surface area contributed by atoms with Gasteiger partial charge in [0.15, 0.2) is 0 Å². The van der Waals surface area contributed by atoms with Gasteiger partial charge in [-0.1, -0.05) is 17.3 Å². The molecule has 122 valence electrons. The van der Waals surface area contributed by atoms with Gasteiger partial charge in [0.1, 0.15) is 0 Å². The fourth-order valence-electron chi connectivity index (χ4n) is 2.70. The molecule has 0 bridgehead atoms. The summed E-state index contributed by atoms with van der Waals surface area (Å²) in [6.07, 6.45) is 1.54. The van der Waals surface area contributed by atoms with Crippen LogP contribution in [0, 0.1) is 0 Å². The van der Waals surface area contributed by atoms with Crippen molar-refractivity contribution in [3.63, 3.8) is 0 Å². The van der Waals surface area contributed by atoms with Crippen molar-refractivity contribution >= 4 is 5.97 Å². The van der Waals surface area contributed by atoms with Crippen LogP contribution in [0.3, 0.4) is 0 Å². The maximum absolute atomic E-state index is 11.5. The SMILES string of the molecule is COC(=O)c1ccc(-c2noc(C3(CN)CCOCC3)n2)cc1. The summed E-state index contributed by atoms with van der Waals surface area (Å²) in [7, 11) is 1.35.